The van der Waals surface area contributed by atoms with Gasteiger partial charge >= 0.3 is 6.55 Å². The fraction of sp³-hybridized carbons (Fsp3) is 0.413. The van der Waals surface area contributed by atoms with E-state index in [1.54, 1.807) is 36.5 Å². The molecule has 4 fully saturated rings. The van der Waals surface area contributed by atoms with Crippen LogP contribution in [0.15, 0.2) is 79.4 Å². The SMILES string of the molecule is C=C1CCC(N2C(=O)c3ccc(N4CCN(CC5CCN(C[C@H]6C[C@H](Oc7ncc(-c8ccc9c%10cnccc%10n(C(F)F)c9c8)cc7F)C6)CC5)CC4)cc3C2=O)C(=O)N1. The van der Waals surface area contributed by atoms with E-state index in [-0.39, 0.29) is 17.9 Å². The third-order valence-electron chi connectivity index (χ3n) is 13.4. The Morgan fingerprint density at radius 3 is 2.30 bits per heavy atom. The van der Waals surface area contributed by atoms with Gasteiger partial charge in [-0.1, -0.05) is 18.7 Å². The van der Waals surface area contributed by atoms with Crippen LogP contribution in [0.2, 0.25) is 0 Å². The lowest BCUT2D eigenvalue weighted by molar-refractivity contribution is -0.125. The molecule has 10 rings (SSSR count). The Morgan fingerprint density at radius 1 is 0.787 bits per heavy atom. The highest BCUT2D eigenvalue weighted by molar-refractivity contribution is 6.23. The number of ether oxygens (including phenoxy) is 1. The molecule has 7 heterocycles. The Labute approximate surface area is 350 Å². The molecule has 1 aliphatic carbocycles. The number of amides is 3. The summed E-state index contributed by atoms with van der Waals surface area (Å²) in [6, 6.07) is 12.7. The normalized spacial score (nSPS) is 23.0. The van der Waals surface area contributed by atoms with Crippen LogP contribution in [0, 0.1) is 17.7 Å². The second-order valence-electron chi connectivity index (χ2n) is 17.2. The number of likely N-dealkylation sites (tertiary alicyclic amines) is 1. The molecule has 0 spiro atoms. The topological polar surface area (TPSA) is 116 Å². The quantitative estimate of drug-likeness (QED) is 0.151. The van der Waals surface area contributed by atoms with Crippen molar-refractivity contribution in [3.8, 4) is 17.0 Å². The fourth-order valence-electron chi connectivity index (χ4n) is 10.0. The number of carbonyl (C=O) groups is 3. The molecule has 1 N–H and O–H groups in total. The van der Waals surface area contributed by atoms with E-state index in [1.165, 1.54) is 18.5 Å². The van der Waals surface area contributed by atoms with Crippen LogP contribution in [-0.2, 0) is 4.79 Å². The highest BCUT2D eigenvalue weighted by Crippen LogP contribution is 2.38. The van der Waals surface area contributed by atoms with Gasteiger partial charge in [-0.15, -0.1) is 0 Å². The van der Waals surface area contributed by atoms with E-state index < -0.39 is 30.2 Å². The fourth-order valence-corrected chi connectivity index (χ4v) is 10.0. The van der Waals surface area contributed by atoms with Crippen LogP contribution in [0.4, 0.5) is 18.9 Å². The maximum atomic E-state index is 15.3. The second-order valence-corrected chi connectivity index (χ2v) is 17.2. The molecule has 4 aliphatic heterocycles. The Kier molecular flexibility index (Phi) is 10.3. The number of nitrogens with zero attached hydrogens (tertiary/aromatic N) is 7. The van der Waals surface area contributed by atoms with Crippen molar-refractivity contribution >= 4 is 45.2 Å². The Bertz CT molecular complexity index is 2560. The van der Waals surface area contributed by atoms with Gasteiger partial charge in [-0.05, 0) is 105 Å². The monoisotopic (exact) mass is 832 g/mol. The largest absolute Gasteiger partial charge is 0.472 e. The van der Waals surface area contributed by atoms with Crippen molar-refractivity contribution < 1.29 is 32.3 Å². The van der Waals surface area contributed by atoms with Crippen LogP contribution >= 0.6 is 0 Å². The molecule has 5 aliphatic rings. The van der Waals surface area contributed by atoms with Gasteiger partial charge in [0.25, 0.3) is 17.7 Å². The smallest absolute Gasteiger partial charge is 0.319 e. The molecule has 1 unspecified atom stereocenters. The number of piperidine rings is 2. The first-order valence-electron chi connectivity index (χ1n) is 21.3. The first kappa shape index (κ1) is 39.3. The van der Waals surface area contributed by atoms with Crippen LogP contribution < -0.4 is 15.0 Å². The highest BCUT2D eigenvalue weighted by Gasteiger charge is 2.44. The number of hydrogen-bond acceptors (Lipinski definition) is 9. The summed E-state index contributed by atoms with van der Waals surface area (Å²) in [5.74, 6) is -0.675. The number of piperazine rings is 1. The zero-order valence-corrected chi connectivity index (χ0v) is 33.7. The van der Waals surface area contributed by atoms with Gasteiger partial charge in [0.05, 0.1) is 22.2 Å². The molecule has 3 saturated heterocycles. The summed E-state index contributed by atoms with van der Waals surface area (Å²) in [4.78, 5) is 56.0. The molecule has 1 saturated carbocycles. The van der Waals surface area contributed by atoms with Gasteiger partial charge in [-0.2, -0.15) is 8.78 Å². The van der Waals surface area contributed by atoms with Gasteiger partial charge in [0.15, 0.2) is 5.82 Å². The summed E-state index contributed by atoms with van der Waals surface area (Å²) < 4.78 is 50.4. The van der Waals surface area contributed by atoms with E-state index in [9.17, 15) is 23.2 Å². The highest BCUT2D eigenvalue weighted by atomic mass is 19.3. The molecule has 1 atom stereocenters. The number of alkyl halides is 2. The predicted octanol–water partition coefficient (Wildman–Crippen LogP) is 6.87. The average Bonchev–Trinajstić information content (AvgIpc) is 3.71. The van der Waals surface area contributed by atoms with Gasteiger partial charge in [0, 0.05) is 85.6 Å². The molecule has 0 bridgehead atoms. The molecule has 3 amide bonds. The Balaban J connectivity index is 0.661. The van der Waals surface area contributed by atoms with Crippen molar-refractivity contribution in [3.63, 3.8) is 0 Å². The van der Waals surface area contributed by atoms with E-state index in [4.69, 9.17) is 4.74 Å². The van der Waals surface area contributed by atoms with Crippen molar-refractivity contribution in [2.75, 3.05) is 57.3 Å². The summed E-state index contributed by atoms with van der Waals surface area (Å²) in [6.07, 6.45) is 9.40. The molecular weight excluding hydrogens is 786 g/mol. The number of imide groups is 1. The summed E-state index contributed by atoms with van der Waals surface area (Å²) in [5, 5.41) is 3.97. The molecule has 15 heteroatoms. The van der Waals surface area contributed by atoms with E-state index in [0.717, 1.165) is 93.2 Å². The van der Waals surface area contributed by atoms with E-state index in [2.05, 4.69) is 36.6 Å². The Hall–Kier alpha value is -5.80. The summed E-state index contributed by atoms with van der Waals surface area (Å²) in [5.41, 5.74) is 4.04. The van der Waals surface area contributed by atoms with Crippen molar-refractivity contribution in [2.24, 2.45) is 11.8 Å². The third kappa shape index (κ3) is 7.41. The maximum Gasteiger partial charge on any atom is 0.319 e. The van der Waals surface area contributed by atoms with Gasteiger partial charge in [0.2, 0.25) is 5.91 Å². The lowest BCUT2D eigenvalue weighted by Crippen LogP contribution is -2.51. The molecule has 316 valence electrons. The molecule has 5 aromatic rings. The number of halogens is 3. The number of allylic oxidation sites excluding steroid dienone is 1. The zero-order chi connectivity index (χ0) is 41.9. The number of fused-ring (bicyclic) bond motifs is 4. The van der Waals surface area contributed by atoms with Crippen molar-refractivity contribution in [2.45, 2.75) is 57.2 Å². The lowest BCUT2D eigenvalue weighted by Gasteiger charge is -2.42. The van der Waals surface area contributed by atoms with Crippen LogP contribution in [0.1, 0.15) is 65.8 Å². The average molecular weight is 833 g/mol. The molecule has 61 heavy (non-hydrogen) atoms. The van der Waals surface area contributed by atoms with Crippen molar-refractivity contribution in [1.29, 1.82) is 0 Å². The van der Waals surface area contributed by atoms with Crippen LogP contribution in [0.5, 0.6) is 5.88 Å². The molecule has 0 radical (unpaired) electrons. The zero-order valence-electron chi connectivity index (χ0n) is 33.7. The van der Waals surface area contributed by atoms with E-state index in [1.807, 2.05) is 12.1 Å². The maximum absolute atomic E-state index is 15.3. The number of anilines is 1. The summed E-state index contributed by atoms with van der Waals surface area (Å²) >= 11 is 0. The summed E-state index contributed by atoms with van der Waals surface area (Å²) in [6.45, 7) is 8.74. The van der Waals surface area contributed by atoms with Gasteiger partial charge in [-0.25, -0.2) is 9.37 Å². The number of nitrogens with one attached hydrogen (secondary N) is 1. The second kappa shape index (κ2) is 15.9. The van der Waals surface area contributed by atoms with Crippen molar-refractivity contribution in [1.82, 2.24) is 34.6 Å². The van der Waals surface area contributed by atoms with Crippen molar-refractivity contribution in [3.05, 3.63) is 96.3 Å². The number of rotatable bonds is 10. The minimum atomic E-state index is -2.74. The molecule has 3 aromatic heterocycles. The van der Waals surface area contributed by atoms with E-state index in [0.29, 0.717) is 74.4 Å². The first-order chi connectivity index (χ1) is 29.6. The molecule has 2 aromatic carbocycles. The number of carbonyl (C=O) groups excluding carboxylic acids is 3. The lowest BCUT2D eigenvalue weighted by atomic mass is 9.81. The molecular formula is C46H47F3N8O4. The number of benzene rings is 2. The first-order valence-corrected chi connectivity index (χ1v) is 21.3. The van der Waals surface area contributed by atoms with Gasteiger partial charge in [-0.3, -0.25) is 33.7 Å². The van der Waals surface area contributed by atoms with E-state index >= 15 is 4.39 Å². The van der Waals surface area contributed by atoms with Crippen LogP contribution in [0.3, 0.4) is 0 Å². The minimum absolute atomic E-state index is 0.0353. The molecule has 12 nitrogen and oxygen atoms in total. The third-order valence-corrected chi connectivity index (χ3v) is 13.4. The van der Waals surface area contributed by atoms with Gasteiger partial charge < -0.3 is 19.9 Å². The van der Waals surface area contributed by atoms with Crippen LogP contribution in [0.25, 0.3) is 32.9 Å². The number of pyridine rings is 2. The summed E-state index contributed by atoms with van der Waals surface area (Å²) in [7, 11) is 0. The van der Waals surface area contributed by atoms with Gasteiger partial charge in [0.1, 0.15) is 12.1 Å². The standard InChI is InChI=1S/C46H47F3N8O4/c1-27-2-7-40(42(58)52-27)57-44(59)35-6-4-32(22-36(35)45(57)60)55-16-14-54(15-17-55)25-28-9-12-53(13-10-28)26-29-18-33(19-29)61-43-38(47)20-31(23-51-43)30-3-5-34-37-24-50-11-8-39(37)56(46(48)49)41(34)21-30/h3-6,8,11,20-24,28-29,33,40,46H,1-2,7,9-10,12-19,25-26H2,(H,52,58)/t29-,33-,40?. The predicted molar refractivity (Wildman–Crippen MR) is 224 cm³/mol. The Morgan fingerprint density at radius 2 is 1.54 bits per heavy atom. The van der Waals surface area contributed by atoms with Crippen LogP contribution in [-0.4, -0.2) is 111 Å². The number of aromatic nitrogens is 3. The minimum Gasteiger partial charge on any atom is -0.472 e. The number of hydrogen-bond donors (Lipinski definition) is 1.